The highest BCUT2D eigenvalue weighted by molar-refractivity contribution is 5.79. The van der Waals surface area contributed by atoms with Crippen LogP contribution in [0.25, 0.3) is 17.2 Å². The number of carbonyl (C=O) groups is 1. The normalized spacial score (nSPS) is 12.4. The molecule has 0 saturated heterocycles. The average Bonchev–Trinajstić information content (AvgIpc) is 3.10. The lowest BCUT2D eigenvalue weighted by molar-refractivity contribution is -0.385. The van der Waals surface area contributed by atoms with Gasteiger partial charge in [-0.2, -0.15) is 0 Å². The van der Waals surface area contributed by atoms with Gasteiger partial charge in [-0.25, -0.2) is 9.18 Å². The molecule has 3 aromatic carbocycles. The molecule has 1 aliphatic carbocycles. The van der Waals surface area contributed by atoms with E-state index in [1.807, 2.05) is 36.4 Å². The van der Waals surface area contributed by atoms with Gasteiger partial charge in [0.15, 0.2) is 0 Å². The van der Waals surface area contributed by atoms with Gasteiger partial charge in [0, 0.05) is 12.5 Å². The molecule has 0 fully saturated rings. The van der Waals surface area contributed by atoms with E-state index in [0.717, 1.165) is 34.4 Å². The van der Waals surface area contributed by atoms with Gasteiger partial charge < -0.3 is 10.1 Å². The summed E-state index contributed by atoms with van der Waals surface area (Å²) in [6, 6.07) is 19.4. The molecule has 0 aliphatic heterocycles. The molecule has 0 saturated carbocycles. The molecular weight excluding hydrogens is 399 g/mol. The third kappa shape index (κ3) is 4.30. The summed E-state index contributed by atoms with van der Waals surface area (Å²) in [5.41, 5.74) is 4.46. The second kappa shape index (κ2) is 8.79. The number of nitrogens with one attached hydrogen (secondary N) is 1. The summed E-state index contributed by atoms with van der Waals surface area (Å²) in [6.07, 6.45) is 2.42. The number of hydrogen-bond acceptors (Lipinski definition) is 4. The van der Waals surface area contributed by atoms with Crippen LogP contribution in [0.3, 0.4) is 0 Å². The fourth-order valence-electron chi connectivity index (χ4n) is 3.79. The Morgan fingerprint density at radius 3 is 2.35 bits per heavy atom. The lowest BCUT2D eigenvalue weighted by Crippen LogP contribution is -2.26. The number of ether oxygens (including phenoxy) is 1. The lowest BCUT2D eigenvalue weighted by Gasteiger charge is -2.14. The molecule has 0 aromatic heterocycles. The Morgan fingerprint density at radius 1 is 1.06 bits per heavy atom. The minimum atomic E-state index is -0.680. The predicted octanol–water partition coefficient (Wildman–Crippen LogP) is 5.29. The summed E-state index contributed by atoms with van der Waals surface area (Å²) < 4.78 is 18.6. The van der Waals surface area contributed by atoms with Crippen molar-refractivity contribution < 1.29 is 18.8 Å². The first-order valence-electron chi connectivity index (χ1n) is 9.74. The van der Waals surface area contributed by atoms with E-state index >= 15 is 0 Å². The Labute approximate surface area is 178 Å². The molecule has 0 heterocycles. The maximum Gasteiger partial charge on any atom is 0.407 e. The molecule has 0 radical (unpaired) electrons. The van der Waals surface area contributed by atoms with Crippen molar-refractivity contribution in [3.63, 3.8) is 0 Å². The second-order valence-corrected chi connectivity index (χ2v) is 7.07. The van der Waals surface area contributed by atoms with Crippen molar-refractivity contribution in [2.45, 2.75) is 5.92 Å². The van der Waals surface area contributed by atoms with E-state index in [4.69, 9.17) is 4.74 Å². The van der Waals surface area contributed by atoms with Crippen LogP contribution < -0.4 is 5.32 Å². The fourth-order valence-corrected chi connectivity index (χ4v) is 3.79. The van der Waals surface area contributed by atoms with Crippen molar-refractivity contribution in [1.29, 1.82) is 0 Å². The molecule has 0 bridgehead atoms. The summed E-state index contributed by atoms with van der Waals surface area (Å²) in [4.78, 5) is 22.5. The van der Waals surface area contributed by atoms with Crippen molar-refractivity contribution in [1.82, 2.24) is 5.32 Å². The van der Waals surface area contributed by atoms with E-state index in [0.29, 0.717) is 0 Å². The average molecular weight is 418 g/mol. The number of nitro benzene ring substituents is 1. The van der Waals surface area contributed by atoms with Gasteiger partial charge in [0.2, 0.25) is 0 Å². The van der Waals surface area contributed by atoms with E-state index in [9.17, 15) is 19.3 Å². The van der Waals surface area contributed by atoms with Gasteiger partial charge in [0.05, 0.1) is 16.6 Å². The molecule has 0 unspecified atom stereocenters. The zero-order chi connectivity index (χ0) is 21.8. The first-order valence-corrected chi connectivity index (χ1v) is 9.74. The maximum atomic E-state index is 13.2. The fraction of sp³-hybridized carbons (Fsp3) is 0.125. The number of nitro groups is 1. The first-order chi connectivity index (χ1) is 15.0. The molecule has 156 valence electrons. The number of benzene rings is 3. The monoisotopic (exact) mass is 418 g/mol. The standard InChI is InChI=1S/C24H19FN2O4/c25-17-12-11-16(23(14-17)27(29)30)6-5-13-26-24(28)31-15-22-20-9-3-1-7-18(20)19-8-2-4-10-21(19)22/h1-12,14,22H,13,15H2,(H,26,28). The zero-order valence-corrected chi connectivity index (χ0v) is 16.5. The van der Waals surface area contributed by atoms with Crippen molar-refractivity contribution in [3.8, 4) is 11.1 Å². The highest BCUT2D eigenvalue weighted by atomic mass is 19.1. The van der Waals surface area contributed by atoms with Gasteiger partial charge >= 0.3 is 6.09 Å². The van der Waals surface area contributed by atoms with E-state index in [1.165, 1.54) is 12.1 Å². The van der Waals surface area contributed by atoms with Gasteiger partial charge in [0.1, 0.15) is 12.4 Å². The molecule has 6 nitrogen and oxygen atoms in total. The van der Waals surface area contributed by atoms with Crippen LogP contribution in [-0.4, -0.2) is 24.2 Å². The molecule has 4 rings (SSSR count). The molecule has 7 heteroatoms. The highest BCUT2D eigenvalue weighted by Gasteiger charge is 2.28. The Kier molecular flexibility index (Phi) is 5.75. The Balaban J connectivity index is 1.35. The van der Waals surface area contributed by atoms with Crippen LogP contribution >= 0.6 is 0 Å². The van der Waals surface area contributed by atoms with E-state index in [1.54, 1.807) is 6.08 Å². The summed E-state index contributed by atoms with van der Waals surface area (Å²) >= 11 is 0. The van der Waals surface area contributed by atoms with E-state index < -0.39 is 16.8 Å². The summed E-state index contributed by atoms with van der Waals surface area (Å²) in [6.45, 7) is 0.318. The first kappa shape index (κ1) is 20.3. The molecular formula is C24H19FN2O4. The number of amides is 1. The number of fused-ring (bicyclic) bond motifs is 3. The number of hydrogen-bond donors (Lipinski definition) is 1. The molecule has 3 aromatic rings. The zero-order valence-electron chi connectivity index (χ0n) is 16.5. The molecule has 1 N–H and O–H groups in total. The number of rotatable bonds is 6. The van der Waals surface area contributed by atoms with Crippen molar-refractivity contribution >= 4 is 17.9 Å². The maximum absolute atomic E-state index is 13.2. The summed E-state index contributed by atoms with van der Waals surface area (Å²) in [5, 5.41) is 13.6. The number of carbonyl (C=O) groups excluding carboxylic acids is 1. The van der Waals surface area contributed by atoms with Crippen LogP contribution in [0.2, 0.25) is 0 Å². The van der Waals surface area contributed by atoms with Crippen LogP contribution in [0.4, 0.5) is 14.9 Å². The summed E-state index contributed by atoms with van der Waals surface area (Å²) in [5.74, 6) is -0.712. The molecule has 31 heavy (non-hydrogen) atoms. The SMILES string of the molecule is O=C(NCC=Cc1ccc(F)cc1[N+](=O)[O-])OCC1c2ccccc2-c2ccccc21. The van der Waals surface area contributed by atoms with Gasteiger partial charge in [-0.15, -0.1) is 0 Å². The van der Waals surface area contributed by atoms with Gasteiger partial charge in [-0.1, -0.05) is 60.7 Å². The van der Waals surface area contributed by atoms with Gasteiger partial charge in [-0.05, 0) is 34.4 Å². The van der Waals surface area contributed by atoms with Crippen molar-refractivity contribution in [3.05, 3.63) is 105 Å². The third-order valence-corrected chi connectivity index (χ3v) is 5.19. The number of halogens is 1. The molecule has 0 atom stereocenters. The smallest absolute Gasteiger partial charge is 0.407 e. The number of nitrogens with zero attached hydrogens (tertiary/aromatic N) is 1. The second-order valence-electron chi connectivity index (χ2n) is 7.07. The topological polar surface area (TPSA) is 81.5 Å². The minimum absolute atomic E-state index is 0.0319. The van der Waals surface area contributed by atoms with Crippen LogP contribution in [0, 0.1) is 15.9 Å². The Bertz CT molecular complexity index is 1130. The lowest BCUT2D eigenvalue weighted by atomic mass is 9.98. The molecule has 1 aliphatic rings. The van der Waals surface area contributed by atoms with Crippen LogP contribution in [0.5, 0.6) is 0 Å². The van der Waals surface area contributed by atoms with E-state index in [2.05, 4.69) is 17.4 Å². The largest absolute Gasteiger partial charge is 0.449 e. The third-order valence-electron chi connectivity index (χ3n) is 5.19. The highest BCUT2D eigenvalue weighted by Crippen LogP contribution is 2.44. The predicted molar refractivity (Wildman–Crippen MR) is 115 cm³/mol. The minimum Gasteiger partial charge on any atom is -0.449 e. The number of alkyl carbamates (subject to hydrolysis) is 1. The quantitative estimate of drug-likeness (QED) is 0.436. The summed E-state index contributed by atoms with van der Waals surface area (Å²) in [7, 11) is 0. The van der Waals surface area contributed by atoms with Crippen molar-refractivity contribution in [2.24, 2.45) is 0 Å². The molecule has 0 spiro atoms. The van der Waals surface area contributed by atoms with Crippen LogP contribution in [0.1, 0.15) is 22.6 Å². The van der Waals surface area contributed by atoms with Crippen LogP contribution in [-0.2, 0) is 4.74 Å². The Morgan fingerprint density at radius 2 is 1.71 bits per heavy atom. The van der Waals surface area contributed by atoms with Gasteiger partial charge in [-0.3, -0.25) is 10.1 Å². The Hall–Kier alpha value is -4.00. The van der Waals surface area contributed by atoms with Gasteiger partial charge in [0.25, 0.3) is 5.69 Å². The van der Waals surface area contributed by atoms with Crippen LogP contribution in [0.15, 0.2) is 72.8 Å². The van der Waals surface area contributed by atoms with E-state index in [-0.39, 0.29) is 30.3 Å². The van der Waals surface area contributed by atoms with Crippen molar-refractivity contribution in [2.75, 3.05) is 13.2 Å². The molecule has 1 amide bonds.